The summed E-state index contributed by atoms with van der Waals surface area (Å²) in [6.45, 7) is 6.39. The van der Waals surface area contributed by atoms with Crippen molar-refractivity contribution in [2.24, 2.45) is 11.8 Å². The largest absolute Gasteiger partial charge is 0.393 e. The highest BCUT2D eigenvalue weighted by Crippen LogP contribution is 2.33. The zero-order chi connectivity index (χ0) is 11.5. The van der Waals surface area contributed by atoms with Gasteiger partial charge in [-0.1, -0.05) is 19.8 Å². The van der Waals surface area contributed by atoms with Gasteiger partial charge in [0, 0.05) is 13.5 Å². The van der Waals surface area contributed by atoms with E-state index in [1.54, 1.807) is 7.11 Å². The molecule has 1 N–H and O–H groups in total. The maximum Gasteiger partial charge on any atom is 0.0647 e. The van der Waals surface area contributed by atoms with Crippen LogP contribution in [-0.4, -0.2) is 23.9 Å². The van der Waals surface area contributed by atoms with Crippen LogP contribution in [0.3, 0.4) is 0 Å². The van der Waals surface area contributed by atoms with Crippen molar-refractivity contribution in [2.45, 2.75) is 64.6 Å². The molecule has 0 aromatic rings. The summed E-state index contributed by atoms with van der Waals surface area (Å²) >= 11 is 0. The Hall–Kier alpha value is -0.0800. The molecule has 0 amide bonds. The molecule has 0 spiro atoms. The van der Waals surface area contributed by atoms with Gasteiger partial charge < -0.3 is 9.84 Å². The molecule has 0 heterocycles. The van der Waals surface area contributed by atoms with E-state index < -0.39 is 0 Å². The van der Waals surface area contributed by atoms with Crippen molar-refractivity contribution < 1.29 is 9.84 Å². The van der Waals surface area contributed by atoms with E-state index in [0.29, 0.717) is 5.92 Å². The third kappa shape index (κ3) is 4.12. The molecule has 2 heteroatoms. The maximum atomic E-state index is 10.1. The molecule has 1 rings (SSSR count). The van der Waals surface area contributed by atoms with Gasteiger partial charge in [0.05, 0.1) is 11.7 Å². The van der Waals surface area contributed by atoms with Crippen LogP contribution in [0, 0.1) is 11.8 Å². The average molecular weight is 214 g/mol. The number of hydrogen-bond donors (Lipinski definition) is 1. The molecule has 1 atom stereocenters. The predicted octanol–water partition coefficient (Wildman–Crippen LogP) is 2.99. The SMILES string of the molecule is COC(C)(C)CC(O)C1CCC(C)CC1. The Morgan fingerprint density at radius 3 is 2.27 bits per heavy atom. The second-order valence-corrected chi connectivity index (χ2v) is 5.76. The van der Waals surface area contributed by atoms with Gasteiger partial charge >= 0.3 is 0 Å². The second kappa shape index (κ2) is 5.31. The molecule has 90 valence electrons. The number of rotatable bonds is 4. The molecule has 0 aliphatic heterocycles. The molecule has 1 aliphatic carbocycles. The first-order chi connectivity index (χ1) is 6.94. The molecule has 2 nitrogen and oxygen atoms in total. The number of ether oxygens (including phenoxy) is 1. The van der Waals surface area contributed by atoms with Crippen molar-refractivity contribution >= 4 is 0 Å². The first-order valence-corrected chi connectivity index (χ1v) is 6.18. The van der Waals surface area contributed by atoms with Crippen LogP contribution < -0.4 is 0 Å². The lowest BCUT2D eigenvalue weighted by atomic mass is 9.78. The van der Waals surface area contributed by atoms with E-state index >= 15 is 0 Å². The van der Waals surface area contributed by atoms with Crippen molar-refractivity contribution in [3.63, 3.8) is 0 Å². The lowest BCUT2D eigenvalue weighted by molar-refractivity contribution is -0.0405. The van der Waals surface area contributed by atoms with Crippen LogP contribution in [0.15, 0.2) is 0 Å². The van der Waals surface area contributed by atoms with Crippen molar-refractivity contribution in [2.75, 3.05) is 7.11 Å². The summed E-state index contributed by atoms with van der Waals surface area (Å²) in [7, 11) is 1.72. The van der Waals surface area contributed by atoms with E-state index in [0.717, 1.165) is 12.3 Å². The summed E-state index contributed by atoms with van der Waals surface area (Å²) in [5.74, 6) is 1.35. The number of aliphatic hydroxyl groups is 1. The molecule has 0 aromatic heterocycles. The van der Waals surface area contributed by atoms with Gasteiger partial charge in [0.1, 0.15) is 0 Å². The minimum Gasteiger partial charge on any atom is -0.393 e. The third-order valence-corrected chi connectivity index (χ3v) is 3.86. The molecule has 1 saturated carbocycles. The zero-order valence-electron chi connectivity index (χ0n) is 10.6. The maximum absolute atomic E-state index is 10.1. The quantitative estimate of drug-likeness (QED) is 0.779. The fourth-order valence-electron chi connectivity index (χ4n) is 2.42. The minimum atomic E-state index is -0.192. The standard InChI is InChI=1S/C13H26O2/c1-10-5-7-11(8-6-10)12(14)9-13(2,3)15-4/h10-12,14H,5-9H2,1-4H3. The van der Waals surface area contributed by atoms with Crippen LogP contribution in [0.1, 0.15) is 52.9 Å². The lowest BCUT2D eigenvalue weighted by Crippen LogP contribution is -2.34. The van der Waals surface area contributed by atoms with Crippen molar-refractivity contribution in [1.29, 1.82) is 0 Å². The Labute approximate surface area is 94.0 Å². The summed E-state index contributed by atoms with van der Waals surface area (Å²) in [5, 5.41) is 10.1. The van der Waals surface area contributed by atoms with Gasteiger partial charge in [-0.15, -0.1) is 0 Å². The van der Waals surface area contributed by atoms with Crippen molar-refractivity contribution in [3.8, 4) is 0 Å². The molecule has 1 aliphatic rings. The van der Waals surface area contributed by atoms with E-state index in [9.17, 15) is 5.11 Å². The van der Waals surface area contributed by atoms with Gasteiger partial charge in [-0.25, -0.2) is 0 Å². The number of methoxy groups -OCH3 is 1. The summed E-state index contributed by atoms with van der Waals surface area (Å²) in [4.78, 5) is 0. The molecular weight excluding hydrogens is 188 g/mol. The summed E-state index contributed by atoms with van der Waals surface area (Å²) in [5.41, 5.74) is -0.192. The summed E-state index contributed by atoms with van der Waals surface area (Å²) in [6, 6.07) is 0. The molecule has 1 unspecified atom stereocenters. The summed E-state index contributed by atoms with van der Waals surface area (Å²) in [6.07, 6.45) is 5.48. The van der Waals surface area contributed by atoms with Crippen molar-refractivity contribution in [3.05, 3.63) is 0 Å². The van der Waals surface area contributed by atoms with E-state index in [4.69, 9.17) is 4.74 Å². The van der Waals surface area contributed by atoms with Crippen LogP contribution in [0.25, 0.3) is 0 Å². The van der Waals surface area contributed by atoms with Gasteiger partial charge in [-0.2, -0.15) is 0 Å². The van der Waals surface area contributed by atoms with E-state index in [1.807, 2.05) is 13.8 Å². The Balaban J connectivity index is 2.37. The smallest absolute Gasteiger partial charge is 0.0647 e. The Morgan fingerprint density at radius 1 is 1.27 bits per heavy atom. The van der Waals surface area contributed by atoms with Crippen LogP contribution in [-0.2, 0) is 4.74 Å². The predicted molar refractivity (Wildman–Crippen MR) is 62.8 cm³/mol. The number of aliphatic hydroxyl groups excluding tert-OH is 1. The molecular formula is C13H26O2. The number of hydrogen-bond acceptors (Lipinski definition) is 2. The fourth-order valence-corrected chi connectivity index (χ4v) is 2.42. The fraction of sp³-hybridized carbons (Fsp3) is 1.00. The van der Waals surface area contributed by atoms with E-state index in [-0.39, 0.29) is 11.7 Å². The van der Waals surface area contributed by atoms with Gasteiger partial charge in [0.15, 0.2) is 0 Å². The summed E-state index contributed by atoms with van der Waals surface area (Å²) < 4.78 is 5.36. The first kappa shape index (κ1) is 13.0. The van der Waals surface area contributed by atoms with E-state index in [1.165, 1.54) is 25.7 Å². The zero-order valence-corrected chi connectivity index (χ0v) is 10.6. The molecule has 0 aromatic carbocycles. The van der Waals surface area contributed by atoms with Crippen molar-refractivity contribution in [1.82, 2.24) is 0 Å². The topological polar surface area (TPSA) is 29.5 Å². The molecule has 1 fully saturated rings. The van der Waals surface area contributed by atoms with Gasteiger partial charge in [0.2, 0.25) is 0 Å². The molecule has 15 heavy (non-hydrogen) atoms. The Bertz CT molecular complexity index is 181. The first-order valence-electron chi connectivity index (χ1n) is 6.18. The Kier molecular flexibility index (Phi) is 4.60. The third-order valence-electron chi connectivity index (χ3n) is 3.86. The van der Waals surface area contributed by atoms with Crippen LogP contribution in [0.2, 0.25) is 0 Å². The average Bonchev–Trinajstić information content (AvgIpc) is 2.18. The monoisotopic (exact) mass is 214 g/mol. The van der Waals surface area contributed by atoms with Crippen LogP contribution >= 0.6 is 0 Å². The lowest BCUT2D eigenvalue weighted by Gasteiger charge is -2.34. The highest BCUT2D eigenvalue weighted by Gasteiger charge is 2.29. The highest BCUT2D eigenvalue weighted by atomic mass is 16.5. The minimum absolute atomic E-state index is 0.188. The van der Waals surface area contributed by atoms with Gasteiger partial charge in [-0.3, -0.25) is 0 Å². The van der Waals surface area contributed by atoms with Gasteiger partial charge in [0.25, 0.3) is 0 Å². The Morgan fingerprint density at radius 2 is 1.80 bits per heavy atom. The van der Waals surface area contributed by atoms with Gasteiger partial charge in [-0.05, 0) is 38.5 Å². The molecule has 0 radical (unpaired) electrons. The highest BCUT2D eigenvalue weighted by molar-refractivity contribution is 4.81. The van der Waals surface area contributed by atoms with E-state index in [2.05, 4.69) is 6.92 Å². The molecule has 0 bridgehead atoms. The normalized spacial score (nSPS) is 30.2. The second-order valence-electron chi connectivity index (χ2n) is 5.76. The van der Waals surface area contributed by atoms with Crippen LogP contribution in [0.5, 0.6) is 0 Å². The van der Waals surface area contributed by atoms with Crippen LogP contribution in [0.4, 0.5) is 0 Å². The molecule has 0 saturated heterocycles.